The lowest BCUT2D eigenvalue weighted by Gasteiger charge is -2.36. The summed E-state index contributed by atoms with van der Waals surface area (Å²) in [5, 5.41) is 13.2. The van der Waals surface area contributed by atoms with E-state index in [0.717, 1.165) is 19.4 Å². The second-order valence-electron chi connectivity index (χ2n) is 11.3. The number of halogens is 3. The Morgan fingerprint density at radius 2 is 2.05 bits per heavy atom. The number of fused-ring (bicyclic) bond motifs is 2. The van der Waals surface area contributed by atoms with Crippen LogP contribution in [-0.2, 0) is 4.74 Å². The zero-order valence-electron chi connectivity index (χ0n) is 21.8. The number of hydrazine groups is 1. The Balaban J connectivity index is 1.55. The van der Waals surface area contributed by atoms with Gasteiger partial charge in [-0.05, 0) is 53.0 Å². The van der Waals surface area contributed by atoms with Crippen LogP contribution in [0.1, 0.15) is 52.9 Å². The number of anilines is 1. The van der Waals surface area contributed by atoms with Crippen molar-refractivity contribution in [3.05, 3.63) is 17.2 Å². The van der Waals surface area contributed by atoms with Crippen molar-refractivity contribution in [1.82, 2.24) is 24.9 Å². The number of β-amino-alcohol motifs (C(OH)–C–C–N with tert-alkyl or cyclic N) is 1. The molecule has 0 spiro atoms. The third-order valence-corrected chi connectivity index (χ3v) is 7.53. The van der Waals surface area contributed by atoms with E-state index in [9.17, 15) is 14.3 Å². The van der Waals surface area contributed by atoms with Crippen LogP contribution >= 0.6 is 11.6 Å². The highest BCUT2D eigenvalue weighted by Crippen LogP contribution is 2.40. The first kappa shape index (κ1) is 27.0. The fourth-order valence-electron chi connectivity index (χ4n) is 5.60. The third-order valence-electron chi connectivity index (χ3n) is 7.26. The average molecular weight is 555 g/mol. The molecule has 3 aliphatic rings. The number of rotatable bonds is 4. The van der Waals surface area contributed by atoms with Crippen molar-refractivity contribution in [2.24, 2.45) is 0 Å². The van der Waals surface area contributed by atoms with Crippen LogP contribution in [0.25, 0.3) is 10.9 Å². The fourth-order valence-corrected chi connectivity index (χ4v) is 5.74. The molecular formula is C25H33ClF2N6O4. The number of pyridine rings is 1. The fraction of sp³-hybridized carbons (Fsp3) is 0.680. The van der Waals surface area contributed by atoms with E-state index in [-0.39, 0.29) is 47.6 Å². The Morgan fingerprint density at radius 3 is 2.82 bits per heavy atom. The Bertz CT molecular complexity index is 1220. The molecule has 208 valence electrons. The largest absolute Gasteiger partial charge is 0.461 e. The monoisotopic (exact) mass is 554 g/mol. The van der Waals surface area contributed by atoms with Crippen LogP contribution in [0, 0.1) is 5.82 Å². The Kier molecular flexibility index (Phi) is 7.25. The smallest absolute Gasteiger partial charge is 0.429 e. The van der Waals surface area contributed by atoms with E-state index in [4.69, 9.17) is 21.1 Å². The average Bonchev–Trinajstić information content (AvgIpc) is 3.28. The van der Waals surface area contributed by atoms with Crippen LogP contribution in [0.15, 0.2) is 6.20 Å². The second-order valence-corrected chi connectivity index (χ2v) is 11.7. The van der Waals surface area contributed by atoms with Crippen molar-refractivity contribution < 1.29 is 28.2 Å². The molecule has 0 bridgehead atoms. The summed E-state index contributed by atoms with van der Waals surface area (Å²) in [6.45, 7) is 6.80. The maximum absolute atomic E-state index is 15.2. The van der Waals surface area contributed by atoms with Crippen molar-refractivity contribution in [3.8, 4) is 6.01 Å². The van der Waals surface area contributed by atoms with Gasteiger partial charge in [0.15, 0.2) is 16.8 Å². The molecule has 0 radical (unpaired) electrons. The molecule has 1 N–H and O–H groups in total. The summed E-state index contributed by atoms with van der Waals surface area (Å²) < 4.78 is 41.1. The van der Waals surface area contributed by atoms with Gasteiger partial charge in [-0.2, -0.15) is 9.97 Å². The predicted octanol–water partition coefficient (Wildman–Crippen LogP) is 3.89. The molecule has 10 nitrogen and oxygen atoms in total. The van der Waals surface area contributed by atoms with Gasteiger partial charge in [-0.3, -0.25) is 9.91 Å². The Hall–Kier alpha value is -2.57. The lowest BCUT2D eigenvalue weighted by molar-refractivity contribution is 0.0226. The van der Waals surface area contributed by atoms with Crippen LogP contribution in [-0.4, -0.2) is 92.3 Å². The number of alkyl halides is 1. The number of aliphatic hydroxyl groups excluding tert-OH is 1. The van der Waals surface area contributed by atoms with E-state index < -0.39 is 35.3 Å². The zero-order chi connectivity index (χ0) is 27.2. The molecule has 2 aromatic heterocycles. The van der Waals surface area contributed by atoms with Gasteiger partial charge in [0.1, 0.15) is 23.9 Å². The topological polar surface area (TPSA) is 104 Å². The van der Waals surface area contributed by atoms with Crippen molar-refractivity contribution in [2.75, 3.05) is 37.8 Å². The van der Waals surface area contributed by atoms with Gasteiger partial charge in [0.05, 0.1) is 23.6 Å². The minimum atomic E-state index is -0.935. The molecular weight excluding hydrogens is 522 g/mol. The van der Waals surface area contributed by atoms with Crippen molar-refractivity contribution in [2.45, 2.75) is 76.3 Å². The van der Waals surface area contributed by atoms with E-state index in [1.807, 2.05) is 0 Å². The van der Waals surface area contributed by atoms with Gasteiger partial charge in [-0.1, -0.05) is 11.6 Å². The van der Waals surface area contributed by atoms with Crippen LogP contribution in [0.4, 0.5) is 19.4 Å². The SMILES string of the molecule is CC(C)(C)OC(=O)N1CCCC(O)CN1c1nc(OC[C@@]23CCCN2C[C@H](F)C3)nc2c(F)c(Cl)ncc12. The standard InChI is InChI=1S/C25H33ClF2N6O4/c1-24(2,3)38-23(36)33-9-4-6-16(35)13-34(33)21-17-11-29-20(26)18(28)19(17)30-22(31-21)37-14-25-7-5-8-32(25)12-15(27)10-25/h11,15-16,35H,4-10,12-14H2,1-3H3/t15-,16?,25+/m1/s1. The maximum atomic E-state index is 15.2. The van der Waals surface area contributed by atoms with E-state index in [0.29, 0.717) is 25.8 Å². The minimum Gasteiger partial charge on any atom is -0.461 e. The van der Waals surface area contributed by atoms with E-state index in [2.05, 4.69) is 19.9 Å². The van der Waals surface area contributed by atoms with Crippen molar-refractivity contribution in [1.29, 1.82) is 0 Å². The summed E-state index contributed by atoms with van der Waals surface area (Å²) in [6, 6.07) is -0.139. The van der Waals surface area contributed by atoms with Crippen molar-refractivity contribution >= 4 is 34.4 Å². The molecule has 3 aliphatic heterocycles. The molecule has 0 saturated carbocycles. The van der Waals surface area contributed by atoms with Crippen LogP contribution in [0.2, 0.25) is 5.15 Å². The van der Waals surface area contributed by atoms with E-state index >= 15 is 4.39 Å². The van der Waals surface area contributed by atoms with Gasteiger partial charge < -0.3 is 14.6 Å². The lowest BCUT2D eigenvalue weighted by Crippen LogP contribution is -2.50. The lowest BCUT2D eigenvalue weighted by atomic mass is 9.95. The molecule has 2 aromatic rings. The summed E-state index contributed by atoms with van der Waals surface area (Å²) in [5.74, 6) is -0.738. The number of aromatic nitrogens is 3. The molecule has 3 saturated heterocycles. The highest BCUT2D eigenvalue weighted by molar-refractivity contribution is 6.30. The molecule has 5 rings (SSSR count). The Morgan fingerprint density at radius 1 is 1.26 bits per heavy atom. The number of ether oxygens (including phenoxy) is 2. The second kappa shape index (κ2) is 10.2. The summed E-state index contributed by atoms with van der Waals surface area (Å²) >= 11 is 5.97. The first-order valence-electron chi connectivity index (χ1n) is 13.0. The minimum absolute atomic E-state index is 0.00368. The summed E-state index contributed by atoms with van der Waals surface area (Å²) in [6.07, 6.45) is 2.00. The molecule has 5 heterocycles. The number of amides is 1. The molecule has 0 aromatic carbocycles. The number of nitrogens with zero attached hydrogens (tertiary/aromatic N) is 6. The number of carbonyl (C=O) groups excluding carboxylic acids is 1. The van der Waals surface area contributed by atoms with Gasteiger partial charge >= 0.3 is 12.1 Å². The van der Waals surface area contributed by atoms with Gasteiger partial charge in [0.2, 0.25) is 0 Å². The normalized spacial score (nSPS) is 26.5. The third kappa shape index (κ3) is 5.30. The molecule has 1 amide bonds. The van der Waals surface area contributed by atoms with Crippen LogP contribution in [0.3, 0.4) is 0 Å². The number of hydrogen-bond acceptors (Lipinski definition) is 9. The van der Waals surface area contributed by atoms with Crippen molar-refractivity contribution in [3.63, 3.8) is 0 Å². The molecule has 3 atom stereocenters. The zero-order valence-corrected chi connectivity index (χ0v) is 22.5. The molecule has 3 fully saturated rings. The number of carbonyl (C=O) groups is 1. The molecule has 38 heavy (non-hydrogen) atoms. The van der Waals surface area contributed by atoms with Crippen LogP contribution in [0.5, 0.6) is 6.01 Å². The highest BCUT2D eigenvalue weighted by atomic mass is 35.5. The van der Waals surface area contributed by atoms with Gasteiger partial charge in [-0.25, -0.2) is 23.6 Å². The number of aliphatic hydroxyl groups is 1. The van der Waals surface area contributed by atoms with Gasteiger partial charge in [0, 0.05) is 25.7 Å². The highest BCUT2D eigenvalue weighted by Gasteiger charge is 2.49. The molecule has 1 unspecified atom stereocenters. The summed E-state index contributed by atoms with van der Waals surface area (Å²) in [7, 11) is 0. The van der Waals surface area contributed by atoms with Gasteiger partial charge in [-0.15, -0.1) is 0 Å². The predicted molar refractivity (Wildman–Crippen MR) is 136 cm³/mol. The van der Waals surface area contributed by atoms with E-state index in [1.165, 1.54) is 16.2 Å². The number of hydrogen-bond donors (Lipinski definition) is 1. The summed E-state index contributed by atoms with van der Waals surface area (Å²) in [4.78, 5) is 28.1. The Labute approximate surface area is 224 Å². The first-order chi connectivity index (χ1) is 18.0. The van der Waals surface area contributed by atoms with Gasteiger partial charge in [0.25, 0.3) is 0 Å². The molecule has 0 aliphatic carbocycles. The van der Waals surface area contributed by atoms with Crippen LogP contribution < -0.4 is 9.75 Å². The quantitative estimate of drug-likeness (QED) is 0.564. The summed E-state index contributed by atoms with van der Waals surface area (Å²) in [5.41, 5.74) is -1.37. The first-order valence-corrected chi connectivity index (χ1v) is 13.3. The molecule has 13 heteroatoms. The maximum Gasteiger partial charge on any atom is 0.429 e. The van der Waals surface area contributed by atoms with E-state index in [1.54, 1.807) is 20.8 Å².